The first kappa shape index (κ1) is 11.3. The minimum Gasteiger partial charge on any atom is -0.329 e. The van der Waals surface area contributed by atoms with Gasteiger partial charge in [0, 0.05) is 31.9 Å². The number of hydrogen-bond acceptors (Lipinski definition) is 3. The summed E-state index contributed by atoms with van der Waals surface area (Å²) >= 11 is 6.07. The number of halogens is 2. The van der Waals surface area contributed by atoms with Crippen LogP contribution in [-0.2, 0) is 4.79 Å². The Morgan fingerprint density at radius 2 is 2.09 bits per heavy atom. The summed E-state index contributed by atoms with van der Waals surface area (Å²) in [4.78, 5) is 17.4. The van der Waals surface area contributed by atoms with Crippen LogP contribution in [0.3, 0.4) is 0 Å². The highest BCUT2D eigenvalue weighted by Gasteiger charge is 2.25. The molecule has 0 spiro atoms. The smallest absolute Gasteiger partial charge is 0.248 e. The molecule has 0 bridgehead atoms. The number of aliphatic imine (C=N–C) groups is 1. The molecule has 118 valence electrons. The Morgan fingerprint density at radius 1 is 1.30 bits per heavy atom. The number of benzodiazepines with no additional fused rings is 1. The summed E-state index contributed by atoms with van der Waals surface area (Å²) in [6, 6.07) is 10.0. The second kappa shape index (κ2) is 6.48. The summed E-state index contributed by atoms with van der Waals surface area (Å²) in [6.07, 6.45) is 0. The number of carbonyl (C=O) groups excluding carboxylic acids is 1. The van der Waals surface area contributed by atoms with Crippen molar-refractivity contribution in [2.24, 2.45) is 10.7 Å². The minimum atomic E-state index is -2.88. The molecule has 0 aromatic heterocycles. The standard InChI is InChI=1S/C17H15ClFN3O/c18-11-5-6-15-13(9-11)17(12-3-1-2-4-14(12)19)21-10-16(23)22(15)8-7-20/h1-6,9H,7-8,10,20H2/i7D2,8D2. The molecule has 2 aromatic rings. The third-order valence-electron chi connectivity index (χ3n) is 3.38. The molecule has 0 aliphatic carbocycles. The maximum absolute atomic E-state index is 14.4. The Bertz CT molecular complexity index is 946. The third kappa shape index (κ3) is 2.98. The number of anilines is 1. The molecule has 0 fully saturated rings. The lowest BCUT2D eigenvalue weighted by Crippen LogP contribution is -2.36. The van der Waals surface area contributed by atoms with Crippen molar-refractivity contribution >= 4 is 28.9 Å². The van der Waals surface area contributed by atoms with E-state index in [9.17, 15) is 9.18 Å². The van der Waals surface area contributed by atoms with Gasteiger partial charge in [-0.3, -0.25) is 9.79 Å². The third-order valence-corrected chi connectivity index (χ3v) is 3.62. The van der Waals surface area contributed by atoms with Crippen molar-refractivity contribution in [3.63, 3.8) is 0 Å². The number of fused-ring (bicyclic) bond motifs is 1. The van der Waals surface area contributed by atoms with Gasteiger partial charge in [0.2, 0.25) is 5.91 Å². The fraction of sp³-hybridized carbons (Fsp3) is 0.176. The van der Waals surface area contributed by atoms with Gasteiger partial charge in [-0.1, -0.05) is 23.7 Å². The van der Waals surface area contributed by atoms with Crippen LogP contribution < -0.4 is 10.6 Å². The van der Waals surface area contributed by atoms with Crippen molar-refractivity contribution in [2.75, 3.05) is 24.4 Å². The first-order chi connectivity index (χ1) is 12.5. The van der Waals surface area contributed by atoms with Crippen LogP contribution in [0, 0.1) is 5.82 Å². The Hall–Kier alpha value is -2.24. The summed E-state index contributed by atoms with van der Waals surface area (Å²) in [7, 11) is 0. The molecule has 1 aliphatic heterocycles. The molecule has 23 heavy (non-hydrogen) atoms. The predicted molar refractivity (Wildman–Crippen MR) is 89.8 cm³/mol. The van der Waals surface area contributed by atoms with Gasteiger partial charge in [-0.05, 0) is 30.3 Å². The highest BCUT2D eigenvalue weighted by molar-refractivity contribution is 6.32. The Morgan fingerprint density at radius 3 is 2.83 bits per heavy atom. The number of rotatable bonds is 3. The largest absolute Gasteiger partial charge is 0.329 e. The maximum atomic E-state index is 14.4. The summed E-state index contributed by atoms with van der Waals surface area (Å²) in [5.41, 5.74) is 5.80. The molecule has 0 saturated carbocycles. The first-order valence-corrected chi connectivity index (χ1v) is 7.13. The van der Waals surface area contributed by atoms with Crippen LogP contribution in [0.1, 0.15) is 16.6 Å². The predicted octanol–water partition coefficient (Wildman–Crippen LogP) is 2.62. The summed E-state index contributed by atoms with van der Waals surface area (Å²) < 4.78 is 45.8. The molecule has 2 N–H and O–H groups in total. The van der Waals surface area contributed by atoms with Gasteiger partial charge < -0.3 is 10.6 Å². The molecule has 0 saturated heterocycles. The van der Waals surface area contributed by atoms with Gasteiger partial charge in [-0.2, -0.15) is 0 Å². The molecule has 1 amide bonds. The van der Waals surface area contributed by atoms with Crippen LogP contribution in [0.4, 0.5) is 10.1 Å². The zero-order valence-electron chi connectivity index (χ0n) is 15.9. The minimum absolute atomic E-state index is 0.00299. The number of nitrogens with two attached hydrogens (primary N) is 1. The molecule has 3 rings (SSSR count). The highest BCUT2D eigenvalue weighted by Crippen LogP contribution is 2.30. The average Bonchev–Trinajstić information content (AvgIpc) is 2.71. The monoisotopic (exact) mass is 335 g/mol. The van der Waals surface area contributed by atoms with E-state index in [0.717, 1.165) is 0 Å². The molecule has 0 radical (unpaired) electrons. The van der Waals surface area contributed by atoms with E-state index in [-0.39, 0.29) is 27.5 Å². The van der Waals surface area contributed by atoms with Crippen LogP contribution in [0.2, 0.25) is 5.02 Å². The quantitative estimate of drug-likeness (QED) is 0.937. The molecule has 1 aliphatic rings. The van der Waals surface area contributed by atoms with Crippen LogP contribution >= 0.6 is 11.6 Å². The van der Waals surface area contributed by atoms with Crippen molar-refractivity contribution in [1.29, 1.82) is 0 Å². The highest BCUT2D eigenvalue weighted by atomic mass is 35.5. The number of hydrogen-bond donors (Lipinski definition) is 1. The van der Waals surface area contributed by atoms with E-state index in [4.69, 9.17) is 22.8 Å². The molecule has 6 heteroatoms. The van der Waals surface area contributed by atoms with E-state index in [0.29, 0.717) is 4.90 Å². The van der Waals surface area contributed by atoms with Crippen molar-refractivity contribution in [3.05, 3.63) is 64.4 Å². The van der Waals surface area contributed by atoms with Crippen molar-refractivity contribution in [2.45, 2.75) is 0 Å². The SMILES string of the molecule is [2H]C([2H])(N)C([2H])([2H])N1C(=O)CN=C(c2ccccc2F)c2cc(Cl)ccc21. The maximum Gasteiger partial charge on any atom is 0.248 e. The number of amides is 1. The van der Waals surface area contributed by atoms with Crippen LogP contribution in [-0.4, -0.2) is 31.2 Å². The molecule has 1 heterocycles. The molecular formula is C17H15ClFN3O. The first-order valence-electron chi connectivity index (χ1n) is 8.75. The number of benzene rings is 2. The van der Waals surface area contributed by atoms with Gasteiger partial charge >= 0.3 is 0 Å². The molecule has 2 aromatic carbocycles. The second-order valence-electron chi connectivity index (χ2n) is 4.79. The average molecular weight is 336 g/mol. The van der Waals surface area contributed by atoms with Gasteiger partial charge in [0.25, 0.3) is 0 Å². The Balaban J connectivity index is 2.28. The number of carbonyl (C=O) groups is 1. The fourth-order valence-corrected chi connectivity index (χ4v) is 2.57. The van der Waals surface area contributed by atoms with Crippen molar-refractivity contribution < 1.29 is 14.7 Å². The van der Waals surface area contributed by atoms with Gasteiger partial charge in [-0.25, -0.2) is 4.39 Å². The van der Waals surface area contributed by atoms with Gasteiger partial charge in [-0.15, -0.1) is 0 Å². The van der Waals surface area contributed by atoms with Crippen molar-refractivity contribution in [1.82, 2.24) is 0 Å². The summed E-state index contributed by atoms with van der Waals surface area (Å²) in [5.74, 6) is -1.38. The molecule has 4 nitrogen and oxygen atoms in total. The Labute approximate surface area is 144 Å². The van der Waals surface area contributed by atoms with E-state index in [1.54, 1.807) is 6.07 Å². The Kier molecular flexibility index (Phi) is 3.19. The van der Waals surface area contributed by atoms with E-state index in [1.165, 1.54) is 36.4 Å². The van der Waals surface area contributed by atoms with Gasteiger partial charge in [0.1, 0.15) is 12.4 Å². The van der Waals surface area contributed by atoms with Crippen molar-refractivity contribution in [3.8, 4) is 0 Å². The van der Waals surface area contributed by atoms with Gasteiger partial charge in [0.15, 0.2) is 0 Å². The molecule has 0 unspecified atom stereocenters. The lowest BCUT2D eigenvalue weighted by molar-refractivity contribution is -0.117. The summed E-state index contributed by atoms with van der Waals surface area (Å²) in [5, 5.41) is 0.267. The number of nitrogens with zero attached hydrogens (tertiary/aromatic N) is 2. The topological polar surface area (TPSA) is 58.7 Å². The van der Waals surface area contributed by atoms with Gasteiger partial charge in [0.05, 0.1) is 14.1 Å². The van der Waals surface area contributed by atoms with E-state index < -0.39 is 31.3 Å². The van der Waals surface area contributed by atoms with E-state index in [1.807, 2.05) is 0 Å². The van der Waals surface area contributed by atoms with E-state index in [2.05, 4.69) is 4.99 Å². The second-order valence-corrected chi connectivity index (χ2v) is 5.23. The van der Waals surface area contributed by atoms with Crippen LogP contribution in [0.25, 0.3) is 0 Å². The lowest BCUT2D eigenvalue weighted by Gasteiger charge is -2.22. The lowest BCUT2D eigenvalue weighted by atomic mass is 9.99. The zero-order valence-corrected chi connectivity index (χ0v) is 12.6. The van der Waals surface area contributed by atoms with E-state index >= 15 is 0 Å². The van der Waals surface area contributed by atoms with Crippen LogP contribution in [0.5, 0.6) is 0 Å². The summed E-state index contributed by atoms with van der Waals surface area (Å²) in [6.45, 7) is -6.25. The zero-order chi connectivity index (χ0) is 20.0. The fourth-order valence-electron chi connectivity index (χ4n) is 2.40. The molecule has 0 atom stereocenters. The van der Waals surface area contributed by atoms with Crippen LogP contribution in [0.15, 0.2) is 47.5 Å². The normalized spacial score (nSPS) is 18.1. The molecular weight excluding hydrogens is 317 g/mol.